The Hall–Kier alpha value is -1.58. The zero-order valence-electron chi connectivity index (χ0n) is 9.58. The molecule has 0 bridgehead atoms. The van der Waals surface area contributed by atoms with E-state index in [1.165, 1.54) is 12.4 Å². The monoisotopic (exact) mass is 280 g/mol. The molecule has 2 aromatic rings. The summed E-state index contributed by atoms with van der Waals surface area (Å²) < 4.78 is 0. The number of anilines is 1. The highest BCUT2D eigenvalue weighted by atomic mass is 35.5. The van der Waals surface area contributed by atoms with Crippen LogP contribution in [0.15, 0.2) is 36.7 Å². The lowest BCUT2D eigenvalue weighted by Crippen LogP contribution is -2.13. The molecule has 0 atom stereocenters. The molecule has 1 aromatic carbocycles. The fraction of sp³-hybridized carbons (Fsp3) is 0.0769. The van der Waals surface area contributed by atoms with Gasteiger partial charge in [0.1, 0.15) is 0 Å². The molecule has 5 heteroatoms. The second-order valence-corrected chi connectivity index (χ2v) is 4.61. The van der Waals surface area contributed by atoms with Crippen molar-refractivity contribution in [2.24, 2.45) is 0 Å². The summed E-state index contributed by atoms with van der Waals surface area (Å²) in [5, 5.41) is 3.77. The third-order valence-electron chi connectivity index (χ3n) is 2.45. The molecule has 18 heavy (non-hydrogen) atoms. The van der Waals surface area contributed by atoms with Crippen LogP contribution < -0.4 is 5.32 Å². The van der Waals surface area contributed by atoms with Crippen LogP contribution in [0.25, 0.3) is 0 Å². The van der Waals surface area contributed by atoms with Gasteiger partial charge in [-0.25, -0.2) is 0 Å². The zero-order chi connectivity index (χ0) is 13.1. The number of aromatic nitrogens is 1. The molecule has 1 heterocycles. The molecule has 1 amide bonds. The fourth-order valence-corrected chi connectivity index (χ4v) is 1.92. The van der Waals surface area contributed by atoms with Crippen LogP contribution in [-0.4, -0.2) is 10.9 Å². The van der Waals surface area contributed by atoms with Crippen LogP contribution in [0.1, 0.15) is 15.9 Å². The minimum absolute atomic E-state index is 0.293. The second-order valence-electron chi connectivity index (χ2n) is 3.77. The summed E-state index contributed by atoms with van der Waals surface area (Å²) in [7, 11) is 0. The minimum atomic E-state index is -0.293. The van der Waals surface area contributed by atoms with Gasteiger partial charge in [0.05, 0.1) is 10.6 Å². The number of nitrogens with one attached hydrogen (secondary N) is 1. The number of benzene rings is 1. The number of halogens is 2. The molecule has 0 saturated carbocycles. The standard InChI is InChI=1S/C13H10Cl2N2O/c1-8-6-9(14)2-3-12(8)17-13(18)10-7-16-5-4-11(10)15/h2-7H,1H3,(H,17,18). The Morgan fingerprint density at radius 2 is 2.06 bits per heavy atom. The van der Waals surface area contributed by atoms with Gasteiger partial charge < -0.3 is 5.32 Å². The lowest BCUT2D eigenvalue weighted by Gasteiger charge is -2.09. The van der Waals surface area contributed by atoms with Gasteiger partial charge in [-0.3, -0.25) is 9.78 Å². The Kier molecular flexibility index (Phi) is 3.84. The van der Waals surface area contributed by atoms with E-state index in [-0.39, 0.29) is 5.91 Å². The third kappa shape index (κ3) is 2.81. The number of aryl methyl sites for hydroxylation is 1. The number of nitrogens with zero attached hydrogens (tertiary/aromatic N) is 1. The van der Waals surface area contributed by atoms with Crippen LogP contribution in [0.2, 0.25) is 10.0 Å². The zero-order valence-corrected chi connectivity index (χ0v) is 11.1. The second kappa shape index (κ2) is 5.38. The molecule has 1 aromatic heterocycles. The van der Waals surface area contributed by atoms with E-state index >= 15 is 0 Å². The predicted molar refractivity (Wildman–Crippen MR) is 73.4 cm³/mol. The quantitative estimate of drug-likeness (QED) is 0.905. The number of carbonyl (C=O) groups excluding carboxylic acids is 1. The first-order valence-corrected chi connectivity index (χ1v) is 6.00. The van der Waals surface area contributed by atoms with E-state index < -0.39 is 0 Å². The lowest BCUT2D eigenvalue weighted by molar-refractivity contribution is 0.102. The third-order valence-corrected chi connectivity index (χ3v) is 3.01. The molecule has 0 fully saturated rings. The van der Waals surface area contributed by atoms with E-state index in [4.69, 9.17) is 23.2 Å². The highest BCUT2D eigenvalue weighted by Gasteiger charge is 2.11. The van der Waals surface area contributed by atoms with Crippen LogP contribution in [0.4, 0.5) is 5.69 Å². The fourth-order valence-electron chi connectivity index (χ4n) is 1.50. The summed E-state index contributed by atoms with van der Waals surface area (Å²) in [4.78, 5) is 15.9. The van der Waals surface area contributed by atoms with E-state index in [0.717, 1.165) is 5.56 Å². The Labute approximate surface area is 115 Å². The highest BCUT2D eigenvalue weighted by Crippen LogP contribution is 2.21. The molecule has 3 nitrogen and oxygen atoms in total. The molecule has 0 aliphatic rings. The normalized spacial score (nSPS) is 10.2. The van der Waals surface area contributed by atoms with Crippen molar-refractivity contribution in [1.29, 1.82) is 0 Å². The molecule has 92 valence electrons. The summed E-state index contributed by atoms with van der Waals surface area (Å²) in [6, 6.07) is 6.82. The van der Waals surface area contributed by atoms with Crippen molar-refractivity contribution >= 4 is 34.8 Å². The van der Waals surface area contributed by atoms with Gasteiger partial charge >= 0.3 is 0 Å². The molecule has 0 unspecified atom stereocenters. The first kappa shape index (κ1) is 12.9. The number of pyridine rings is 1. The number of rotatable bonds is 2. The van der Waals surface area contributed by atoms with Crippen LogP contribution in [-0.2, 0) is 0 Å². The smallest absolute Gasteiger partial charge is 0.258 e. The van der Waals surface area contributed by atoms with Gasteiger partial charge in [0.15, 0.2) is 0 Å². The van der Waals surface area contributed by atoms with Gasteiger partial charge in [0.25, 0.3) is 5.91 Å². The van der Waals surface area contributed by atoms with E-state index in [0.29, 0.717) is 21.3 Å². The van der Waals surface area contributed by atoms with Gasteiger partial charge in [-0.05, 0) is 36.8 Å². The minimum Gasteiger partial charge on any atom is -0.322 e. The maximum atomic E-state index is 12.0. The van der Waals surface area contributed by atoms with E-state index in [1.54, 1.807) is 24.3 Å². The van der Waals surface area contributed by atoms with Crippen LogP contribution in [0.3, 0.4) is 0 Å². The average molecular weight is 281 g/mol. The van der Waals surface area contributed by atoms with Crippen molar-refractivity contribution in [3.63, 3.8) is 0 Å². The molecule has 0 radical (unpaired) electrons. The van der Waals surface area contributed by atoms with E-state index in [1.807, 2.05) is 6.92 Å². The Balaban J connectivity index is 2.24. The van der Waals surface area contributed by atoms with Crippen LogP contribution in [0, 0.1) is 6.92 Å². The molecular formula is C13H10Cl2N2O. The van der Waals surface area contributed by atoms with Gasteiger partial charge in [-0.2, -0.15) is 0 Å². The number of hydrogen-bond acceptors (Lipinski definition) is 2. The maximum Gasteiger partial charge on any atom is 0.258 e. The van der Waals surface area contributed by atoms with Crippen LogP contribution in [0.5, 0.6) is 0 Å². The van der Waals surface area contributed by atoms with E-state index in [2.05, 4.69) is 10.3 Å². The summed E-state index contributed by atoms with van der Waals surface area (Å²) in [5.41, 5.74) is 1.92. The van der Waals surface area contributed by atoms with Gasteiger partial charge in [0.2, 0.25) is 0 Å². The highest BCUT2D eigenvalue weighted by molar-refractivity contribution is 6.34. The number of hydrogen-bond donors (Lipinski definition) is 1. The Bertz CT molecular complexity index is 599. The van der Waals surface area contributed by atoms with Gasteiger partial charge in [0, 0.05) is 23.1 Å². The molecule has 0 aliphatic heterocycles. The summed E-state index contributed by atoms with van der Waals surface area (Å²) in [5.74, 6) is -0.293. The maximum absolute atomic E-state index is 12.0. The molecular weight excluding hydrogens is 271 g/mol. The van der Waals surface area contributed by atoms with Crippen molar-refractivity contribution < 1.29 is 4.79 Å². The van der Waals surface area contributed by atoms with Crippen molar-refractivity contribution in [3.8, 4) is 0 Å². The lowest BCUT2D eigenvalue weighted by atomic mass is 10.2. The Morgan fingerprint density at radius 3 is 2.72 bits per heavy atom. The summed E-state index contributed by atoms with van der Waals surface area (Å²) in [6.45, 7) is 1.87. The van der Waals surface area contributed by atoms with Gasteiger partial charge in [-0.1, -0.05) is 23.2 Å². The predicted octanol–water partition coefficient (Wildman–Crippen LogP) is 3.95. The topological polar surface area (TPSA) is 42.0 Å². The Morgan fingerprint density at radius 1 is 1.28 bits per heavy atom. The van der Waals surface area contributed by atoms with Crippen molar-refractivity contribution in [1.82, 2.24) is 4.98 Å². The summed E-state index contributed by atoms with van der Waals surface area (Å²) in [6.07, 6.45) is 2.97. The van der Waals surface area contributed by atoms with Crippen molar-refractivity contribution in [2.45, 2.75) is 6.92 Å². The van der Waals surface area contributed by atoms with Crippen molar-refractivity contribution in [2.75, 3.05) is 5.32 Å². The molecule has 2 rings (SSSR count). The first-order valence-electron chi connectivity index (χ1n) is 5.25. The molecule has 0 saturated heterocycles. The van der Waals surface area contributed by atoms with Crippen LogP contribution >= 0.6 is 23.2 Å². The average Bonchev–Trinajstić information content (AvgIpc) is 2.33. The SMILES string of the molecule is Cc1cc(Cl)ccc1NC(=O)c1cnccc1Cl. The molecule has 0 aliphatic carbocycles. The first-order chi connectivity index (χ1) is 8.58. The van der Waals surface area contributed by atoms with Crippen molar-refractivity contribution in [3.05, 3.63) is 57.8 Å². The molecule has 1 N–H and O–H groups in total. The number of carbonyl (C=O) groups is 1. The number of amides is 1. The molecule has 0 spiro atoms. The van der Waals surface area contributed by atoms with E-state index in [9.17, 15) is 4.79 Å². The summed E-state index contributed by atoms with van der Waals surface area (Å²) >= 11 is 11.8. The largest absolute Gasteiger partial charge is 0.322 e. The van der Waals surface area contributed by atoms with Gasteiger partial charge in [-0.15, -0.1) is 0 Å².